The molecule has 2 aliphatic heterocycles. The van der Waals surface area contributed by atoms with E-state index >= 15 is 0 Å². The molecular formula is C32H25N3O4. The normalized spacial score (nSPS) is 16.7. The van der Waals surface area contributed by atoms with Crippen molar-refractivity contribution in [1.29, 1.82) is 0 Å². The highest BCUT2D eigenvalue weighted by atomic mass is 16.2. The minimum atomic E-state index is -0.622. The lowest BCUT2D eigenvalue weighted by atomic mass is 10.0. The number of carbonyl (C=O) groups excluding carboxylic acids is 4. The van der Waals surface area contributed by atoms with Crippen molar-refractivity contribution in [3.8, 4) is 0 Å². The Morgan fingerprint density at radius 1 is 0.641 bits per heavy atom. The third-order valence-electron chi connectivity index (χ3n) is 7.22. The second-order valence-corrected chi connectivity index (χ2v) is 9.59. The molecular weight excluding hydrogens is 490 g/mol. The highest BCUT2D eigenvalue weighted by Gasteiger charge is 2.41. The quantitative estimate of drug-likeness (QED) is 0.351. The predicted molar refractivity (Wildman–Crippen MR) is 147 cm³/mol. The Labute approximate surface area is 225 Å². The summed E-state index contributed by atoms with van der Waals surface area (Å²) in [6.07, 6.45) is 0.0411. The molecule has 0 fully saturated rings. The van der Waals surface area contributed by atoms with Crippen LogP contribution >= 0.6 is 0 Å². The first-order chi connectivity index (χ1) is 19.0. The number of benzene rings is 4. The van der Waals surface area contributed by atoms with Crippen LogP contribution in [0.3, 0.4) is 0 Å². The van der Waals surface area contributed by atoms with Crippen molar-refractivity contribution < 1.29 is 19.2 Å². The van der Waals surface area contributed by atoms with Crippen LogP contribution in [-0.2, 0) is 16.1 Å². The fourth-order valence-electron chi connectivity index (χ4n) is 5.35. The fraction of sp³-hybridized carbons (Fsp3) is 0.125. The summed E-state index contributed by atoms with van der Waals surface area (Å²) in [4.78, 5) is 58.3. The summed E-state index contributed by atoms with van der Waals surface area (Å²) in [5.41, 5.74) is 3.47. The van der Waals surface area contributed by atoms with Gasteiger partial charge >= 0.3 is 0 Å². The SMILES string of the molecule is O=C1c2ccccc2C(=O)N1CC(=O)N1c2ccccc2N(Cc2ccccc2)C(=O)CC1c1ccccc1. The van der Waals surface area contributed by atoms with E-state index in [1.807, 2.05) is 84.9 Å². The van der Waals surface area contributed by atoms with Crippen molar-refractivity contribution in [3.63, 3.8) is 0 Å². The van der Waals surface area contributed by atoms with Gasteiger partial charge in [-0.25, -0.2) is 0 Å². The number of carbonyl (C=O) groups is 4. The third-order valence-corrected chi connectivity index (χ3v) is 7.22. The molecule has 0 saturated heterocycles. The molecule has 0 spiro atoms. The molecule has 7 heteroatoms. The van der Waals surface area contributed by atoms with Gasteiger partial charge < -0.3 is 9.80 Å². The van der Waals surface area contributed by atoms with Gasteiger partial charge in [-0.2, -0.15) is 0 Å². The Kier molecular flexibility index (Phi) is 6.25. The van der Waals surface area contributed by atoms with Gasteiger partial charge in [0.05, 0.1) is 41.5 Å². The van der Waals surface area contributed by atoms with Gasteiger partial charge in [-0.05, 0) is 35.4 Å². The van der Waals surface area contributed by atoms with Gasteiger partial charge in [0.1, 0.15) is 6.54 Å². The molecule has 0 bridgehead atoms. The van der Waals surface area contributed by atoms with Gasteiger partial charge in [-0.3, -0.25) is 24.1 Å². The summed E-state index contributed by atoms with van der Waals surface area (Å²) in [6.45, 7) is -0.0878. The number of rotatable bonds is 5. The third kappa shape index (κ3) is 4.38. The Morgan fingerprint density at radius 2 is 1.18 bits per heavy atom. The molecule has 4 aromatic rings. The lowest BCUT2D eigenvalue weighted by Gasteiger charge is -2.32. The van der Waals surface area contributed by atoms with Gasteiger partial charge in [-0.1, -0.05) is 84.9 Å². The van der Waals surface area contributed by atoms with E-state index in [9.17, 15) is 19.2 Å². The number of amides is 4. The Morgan fingerprint density at radius 3 is 1.82 bits per heavy atom. The number of fused-ring (bicyclic) bond motifs is 2. The number of nitrogens with zero attached hydrogens (tertiary/aromatic N) is 3. The molecule has 4 aromatic carbocycles. The van der Waals surface area contributed by atoms with Crippen LogP contribution in [0, 0.1) is 0 Å². The molecule has 39 heavy (non-hydrogen) atoms. The molecule has 2 heterocycles. The Bertz CT molecular complexity index is 1550. The first kappa shape index (κ1) is 24.3. The highest BCUT2D eigenvalue weighted by molar-refractivity contribution is 6.23. The minimum Gasteiger partial charge on any atom is -0.306 e. The zero-order valence-electron chi connectivity index (χ0n) is 21.1. The molecule has 6 rings (SSSR count). The first-order valence-corrected chi connectivity index (χ1v) is 12.8. The van der Waals surface area contributed by atoms with Crippen molar-refractivity contribution in [2.24, 2.45) is 0 Å². The molecule has 1 atom stereocenters. The fourth-order valence-corrected chi connectivity index (χ4v) is 5.35. The monoisotopic (exact) mass is 515 g/mol. The van der Waals surface area contributed by atoms with Crippen molar-refractivity contribution in [2.45, 2.75) is 19.0 Å². The molecule has 1 unspecified atom stereocenters. The average molecular weight is 516 g/mol. The van der Waals surface area contributed by atoms with Crippen LogP contribution in [0.4, 0.5) is 11.4 Å². The predicted octanol–water partition coefficient (Wildman–Crippen LogP) is 4.99. The van der Waals surface area contributed by atoms with Crippen LogP contribution in [0.25, 0.3) is 0 Å². The molecule has 0 aliphatic carbocycles. The lowest BCUT2D eigenvalue weighted by Crippen LogP contribution is -2.44. The summed E-state index contributed by atoms with van der Waals surface area (Å²) in [6, 6.07) is 32.3. The smallest absolute Gasteiger partial charge is 0.262 e. The second kappa shape index (κ2) is 10.0. The van der Waals surface area contributed by atoms with Crippen LogP contribution in [0.1, 0.15) is 44.3 Å². The molecule has 192 valence electrons. The highest BCUT2D eigenvalue weighted by Crippen LogP contribution is 2.41. The summed E-state index contributed by atoms with van der Waals surface area (Å²) < 4.78 is 0. The van der Waals surface area contributed by atoms with Gasteiger partial charge in [0.15, 0.2) is 0 Å². The standard InChI is InChI=1S/C32H25N3O4/c36-29-19-28(23-13-5-2-6-14-23)35(30(37)21-34-31(38)24-15-7-8-16-25(24)32(34)39)27-18-10-9-17-26(27)33(29)20-22-11-3-1-4-12-22/h1-18,28H,19-21H2. The van der Waals surface area contributed by atoms with Crippen LogP contribution in [-0.4, -0.2) is 35.1 Å². The molecule has 7 nitrogen and oxygen atoms in total. The lowest BCUT2D eigenvalue weighted by molar-refractivity contribution is -0.120. The molecule has 0 radical (unpaired) electrons. The van der Waals surface area contributed by atoms with E-state index in [0.29, 0.717) is 17.9 Å². The van der Waals surface area contributed by atoms with Gasteiger partial charge in [-0.15, -0.1) is 0 Å². The van der Waals surface area contributed by atoms with E-state index < -0.39 is 30.3 Å². The van der Waals surface area contributed by atoms with Gasteiger partial charge in [0.2, 0.25) is 11.8 Å². The molecule has 2 aliphatic rings. The zero-order valence-corrected chi connectivity index (χ0v) is 21.1. The minimum absolute atomic E-state index is 0.0411. The van der Waals surface area contributed by atoms with E-state index in [4.69, 9.17) is 0 Å². The summed E-state index contributed by atoms with van der Waals surface area (Å²) in [5.74, 6) is -1.56. The van der Waals surface area contributed by atoms with Crippen molar-refractivity contribution in [1.82, 2.24) is 4.90 Å². The molecule has 0 saturated carbocycles. The van der Waals surface area contributed by atoms with E-state index in [2.05, 4.69) is 0 Å². The zero-order chi connectivity index (χ0) is 26.9. The van der Waals surface area contributed by atoms with Crippen LogP contribution in [0.5, 0.6) is 0 Å². The largest absolute Gasteiger partial charge is 0.306 e. The maximum absolute atomic E-state index is 14.1. The number of imide groups is 1. The summed E-state index contributed by atoms with van der Waals surface area (Å²) in [7, 11) is 0. The summed E-state index contributed by atoms with van der Waals surface area (Å²) in [5, 5.41) is 0. The van der Waals surface area contributed by atoms with Crippen molar-refractivity contribution in [2.75, 3.05) is 16.3 Å². The Hall–Kier alpha value is -5.04. The maximum Gasteiger partial charge on any atom is 0.262 e. The van der Waals surface area contributed by atoms with Crippen molar-refractivity contribution in [3.05, 3.63) is 131 Å². The van der Waals surface area contributed by atoms with Gasteiger partial charge in [0, 0.05) is 0 Å². The van der Waals surface area contributed by atoms with E-state index in [-0.39, 0.29) is 23.5 Å². The first-order valence-electron chi connectivity index (χ1n) is 12.8. The Balaban J connectivity index is 1.42. The second-order valence-electron chi connectivity index (χ2n) is 9.59. The molecule has 0 N–H and O–H groups in total. The topological polar surface area (TPSA) is 78.0 Å². The van der Waals surface area contributed by atoms with Crippen LogP contribution < -0.4 is 9.80 Å². The van der Waals surface area contributed by atoms with Crippen LogP contribution in [0.15, 0.2) is 109 Å². The number of hydrogen-bond acceptors (Lipinski definition) is 4. The van der Waals surface area contributed by atoms with Crippen molar-refractivity contribution >= 4 is 35.0 Å². The van der Waals surface area contributed by atoms with E-state index in [1.54, 1.807) is 34.1 Å². The van der Waals surface area contributed by atoms with Gasteiger partial charge in [0.25, 0.3) is 11.8 Å². The van der Waals surface area contributed by atoms with E-state index in [1.165, 1.54) is 0 Å². The maximum atomic E-state index is 14.1. The average Bonchev–Trinajstić information content (AvgIpc) is 3.13. The number of hydrogen-bond donors (Lipinski definition) is 0. The molecule has 4 amide bonds. The number of para-hydroxylation sites is 2. The molecule has 0 aromatic heterocycles. The number of anilines is 2. The van der Waals surface area contributed by atoms with E-state index in [0.717, 1.165) is 16.0 Å². The summed E-state index contributed by atoms with van der Waals surface area (Å²) >= 11 is 0. The van der Waals surface area contributed by atoms with Crippen LogP contribution in [0.2, 0.25) is 0 Å².